The number of alkyl halides is 2. The van der Waals surface area contributed by atoms with E-state index in [1.165, 1.54) is 17.5 Å². The largest absolute Gasteiger partial charge is 0.330 e. The number of aromatic nitrogens is 3. The molecule has 1 aromatic rings. The van der Waals surface area contributed by atoms with Crippen LogP contribution in [0.15, 0.2) is 0 Å². The molecule has 2 rings (SSSR count). The molecule has 1 fully saturated rings. The highest BCUT2D eigenvalue weighted by atomic mass is 19.3. The van der Waals surface area contributed by atoms with Crippen LogP contribution in [-0.2, 0) is 19.4 Å². The normalized spacial score (nSPS) is 16.0. The molecule has 1 aliphatic carbocycles. The fourth-order valence-corrected chi connectivity index (χ4v) is 1.80. The summed E-state index contributed by atoms with van der Waals surface area (Å²) in [4.78, 5) is 0. The topological polar surface area (TPSA) is 56.7 Å². The molecule has 1 aliphatic rings. The van der Waals surface area contributed by atoms with Crippen LogP contribution in [0.4, 0.5) is 8.78 Å². The van der Waals surface area contributed by atoms with Gasteiger partial charge in [0.2, 0.25) is 0 Å². The van der Waals surface area contributed by atoms with E-state index in [1.807, 2.05) is 0 Å². The van der Waals surface area contributed by atoms with Gasteiger partial charge in [0.25, 0.3) is 6.43 Å². The van der Waals surface area contributed by atoms with Gasteiger partial charge in [-0.15, -0.1) is 5.10 Å². The number of rotatable bonds is 6. The molecule has 2 N–H and O–H groups in total. The van der Waals surface area contributed by atoms with Crippen LogP contribution in [0.25, 0.3) is 0 Å². The maximum atomic E-state index is 12.3. The molecular weight excluding hydrogens is 214 g/mol. The summed E-state index contributed by atoms with van der Waals surface area (Å²) in [5, 5.41) is 7.73. The van der Waals surface area contributed by atoms with E-state index in [1.54, 1.807) is 0 Å². The first-order chi connectivity index (χ1) is 7.70. The summed E-state index contributed by atoms with van der Waals surface area (Å²) in [6.45, 7) is 0.116. The molecule has 1 heterocycles. The third-order valence-corrected chi connectivity index (χ3v) is 2.79. The lowest BCUT2D eigenvalue weighted by molar-refractivity contribution is 0.119. The van der Waals surface area contributed by atoms with E-state index in [0.29, 0.717) is 18.9 Å². The molecule has 1 saturated carbocycles. The van der Waals surface area contributed by atoms with Crippen LogP contribution in [0.5, 0.6) is 0 Å². The molecule has 6 heteroatoms. The lowest BCUT2D eigenvalue weighted by Gasteiger charge is -2.06. The highest BCUT2D eigenvalue weighted by Gasteiger charge is 2.26. The van der Waals surface area contributed by atoms with E-state index in [2.05, 4.69) is 10.3 Å². The number of nitrogens with two attached hydrogens (primary N) is 1. The molecule has 0 radical (unpaired) electrons. The van der Waals surface area contributed by atoms with Gasteiger partial charge < -0.3 is 5.73 Å². The lowest BCUT2D eigenvalue weighted by Crippen LogP contribution is -2.13. The Bertz CT molecular complexity index is 347. The highest BCUT2D eigenvalue weighted by Crippen LogP contribution is 2.33. The minimum atomic E-state index is -2.38. The predicted octanol–water partition coefficient (Wildman–Crippen LogP) is 0.997. The van der Waals surface area contributed by atoms with Gasteiger partial charge in [-0.1, -0.05) is 5.21 Å². The van der Waals surface area contributed by atoms with Crippen LogP contribution >= 0.6 is 0 Å². The number of halogens is 2. The molecule has 1 aromatic heterocycles. The highest BCUT2D eigenvalue weighted by molar-refractivity contribution is 5.13. The van der Waals surface area contributed by atoms with Gasteiger partial charge in [0, 0.05) is 6.42 Å². The first kappa shape index (κ1) is 11.4. The van der Waals surface area contributed by atoms with Gasteiger partial charge in [-0.2, -0.15) is 0 Å². The smallest absolute Gasteiger partial charge is 0.257 e. The first-order valence-corrected chi connectivity index (χ1v) is 5.60. The summed E-state index contributed by atoms with van der Waals surface area (Å²) >= 11 is 0. The number of hydrogen-bond acceptors (Lipinski definition) is 3. The Balaban J connectivity index is 2.14. The summed E-state index contributed by atoms with van der Waals surface area (Å²) in [5.74, 6) is 0.631. The van der Waals surface area contributed by atoms with Gasteiger partial charge in [-0.05, 0) is 31.7 Å². The molecule has 0 saturated heterocycles. The first-order valence-electron chi connectivity index (χ1n) is 5.60. The average Bonchev–Trinajstić information content (AvgIpc) is 2.96. The Morgan fingerprint density at radius 1 is 1.44 bits per heavy atom. The third kappa shape index (κ3) is 2.75. The van der Waals surface area contributed by atoms with Crippen molar-refractivity contribution in [3.8, 4) is 0 Å². The van der Waals surface area contributed by atoms with Crippen LogP contribution in [0.2, 0.25) is 0 Å². The van der Waals surface area contributed by atoms with E-state index < -0.39 is 6.43 Å². The van der Waals surface area contributed by atoms with E-state index in [4.69, 9.17) is 5.73 Å². The van der Waals surface area contributed by atoms with Crippen molar-refractivity contribution in [1.82, 2.24) is 15.0 Å². The Morgan fingerprint density at radius 3 is 2.75 bits per heavy atom. The zero-order valence-corrected chi connectivity index (χ0v) is 9.07. The summed E-state index contributed by atoms with van der Waals surface area (Å²) in [5.41, 5.74) is 7.10. The van der Waals surface area contributed by atoms with Gasteiger partial charge in [0.1, 0.15) is 6.54 Å². The summed E-state index contributed by atoms with van der Waals surface area (Å²) in [7, 11) is 0. The average molecular weight is 230 g/mol. The molecular formula is C10H16F2N4. The Labute approximate surface area is 92.8 Å². The van der Waals surface area contributed by atoms with E-state index >= 15 is 0 Å². The fraction of sp³-hybridized carbons (Fsp3) is 0.800. The summed E-state index contributed by atoms with van der Waals surface area (Å²) < 4.78 is 26.0. The van der Waals surface area contributed by atoms with Gasteiger partial charge in [0.15, 0.2) is 0 Å². The van der Waals surface area contributed by atoms with Gasteiger partial charge in [-0.3, -0.25) is 0 Å². The van der Waals surface area contributed by atoms with E-state index in [9.17, 15) is 8.78 Å². The summed E-state index contributed by atoms with van der Waals surface area (Å²) in [6.07, 6.45) is 1.41. The molecule has 0 spiro atoms. The maximum absolute atomic E-state index is 12.3. The van der Waals surface area contributed by atoms with Crippen LogP contribution in [0.1, 0.15) is 24.2 Å². The molecule has 16 heavy (non-hydrogen) atoms. The Hall–Kier alpha value is -1.04. The van der Waals surface area contributed by atoms with E-state index in [-0.39, 0.29) is 6.54 Å². The molecule has 0 aliphatic heterocycles. The standard InChI is InChI=1S/C10H16F2N4/c11-10(12)6-16-9(5-7-1-2-7)8(3-4-13)14-15-16/h7,10H,1-6,13H2. The van der Waals surface area contributed by atoms with Crippen molar-refractivity contribution in [2.24, 2.45) is 11.7 Å². The van der Waals surface area contributed by atoms with Gasteiger partial charge in [-0.25, -0.2) is 13.5 Å². The van der Waals surface area contributed by atoms with Crippen molar-refractivity contribution in [2.45, 2.75) is 38.7 Å². The van der Waals surface area contributed by atoms with Gasteiger partial charge >= 0.3 is 0 Å². The molecule has 0 aromatic carbocycles. The van der Waals surface area contributed by atoms with Crippen molar-refractivity contribution in [2.75, 3.05) is 6.54 Å². The molecule has 0 atom stereocenters. The van der Waals surface area contributed by atoms with Crippen molar-refractivity contribution < 1.29 is 8.78 Å². The fourth-order valence-electron chi connectivity index (χ4n) is 1.80. The minimum Gasteiger partial charge on any atom is -0.330 e. The molecule has 0 amide bonds. The van der Waals surface area contributed by atoms with Crippen LogP contribution < -0.4 is 5.73 Å². The van der Waals surface area contributed by atoms with Crippen molar-refractivity contribution in [1.29, 1.82) is 0 Å². The third-order valence-electron chi connectivity index (χ3n) is 2.79. The Morgan fingerprint density at radius 2 is 2.19 bits per heavy atom. The second-order valence-corrected chi connectivity index (χ2v) is 4.24. The summed E-state index contributed by atoms with van der Waals surface area (Å²) in [6, 6.07) is 0. The molecule has 0 bridgehead atoms. The maximum Gasteiger partial charge on any atom is 0.257 e. The van der Waals surface area contributed by atoms with Crippen molar-refractivity contribution >= 4 is 0 Å². The van der Waals surface area contributed by atoms with Crippen molar-refractivity contribution in [3.05, 3.63) is 11.4 Å². The van der Waals surface area contributed by atoms with Crippen LogP contribution in [-0.4, -0.2) is 28.0 Å². The minimum absolute atomic E-state index is 0.361. The second-order valence-electron chi connectivity index (χ2n) is 4.24. The number of hydrogen-bond donors (Lipinski definition) is 1. The second kappa shape index (κ2) is 4.86. The molecule has 0 unspecified atom stereocenters. The monoisotopic (exact) mass is 230 g/mol. The zero-order valence-electron chi connectivity index (χ0n) is 9.07. The van der Waals surface area contributed by atoms with E-state index in [0.717, 1.165) is 17.8 Å². The van der Waals surface area contributed by atoms with Gasteiger partial charge in [0.05, 0.1) is 11.4 Å². The van der Waals surface area contributed by atoms with Crippen LogP contribution in [0.3, 0.4) is 0 Å². The molecule has 90 valence electrons. The zero-order chi connectivity index (χ0) is 11.5. The van der Waals surface area contributed by atoms with Crippen LogP contribution in [0, 0.1) is 5.92 Å². The SMILES string of the molecule is NCCc1nnn(CC(F)F)c1CC1CC1. The number of nitrogens with zero attached hydrogens (tertiary/aromatic N) is 3. The quantitative estimate of drug-likeness (QED) is 0.793. The predicted molar refractivity (Wildman–Crippen MR) is 55.2 cm³/mol. The Kier molecular flexibility index (Phi) is 3.48. The molecule has 4 nitrogen and oxygen atoms in total. The lowest BCUT2D eigenvalue weighted by atomic mass is 10.1. The van der Waals surface area contributed by atoms with Crippen molar-refractivity contribution in [3.63, 3.8) is 0 Å².